The van der Waals surface area contributed by atoms with Crippen molar-refractivity contribution in [2.45, 2.75) is 47.2 Å². The summed E-state index contributed by atoms with van der Waals surface area (Å²) in [7, 11) is 1.94. The maximum Gasteiger partial charge on any atom is 0.166 e. The minimum absolute atomic E-state index is 0.0459. The van der Waals surface area contributed by atoms with Crippen LogP contribution < -0.4 is 5.32 Å². The summed E-state index contributed by atoms with van der Waals surface area (Å²) < 4.78 is 0. The van der Waals surface area contributed by atoms with Gasteiger partial charge in [0.25, 0.3) is 0 Å². The lowest BCUT2D eigenvalue weighted by Crippen LogP contribution is -2.62. The molecule has 1 aliphatic rings. The second kappa shape index (κ2) is 5.33. The highest BCUT2D eigenvalue weighted by atomic mass is 16.1. The van der Waals surface area contributed by atoms with Crippen molar-refractivity contribution in [3.63, 3.8) is 0 Å². The van der Waals surface area contributed by atoms with Crippen molar-refractivity contribution in [1.29, 1.82) is 0 Å². The van der Waals surface area contributed by atoms with Gasteiger partial charge in [-0.25, -0.2) is 0 Å². The first-order chi connectivity index (χ1) is 8.72. The second-order valence-electron chi connectivity index (χ2n) is 6.14. The van der Waals surface area contributed by atoms with E-state index in [0.717, 1.165) is 12.0 Å². The molecule has 1 atom stereocenters. The molecule has 1 unspecified atom stereocenters. The van der Waals surface area contributed by atoms with E-state index < -0.39 is 0 Å². The largest absolute Gasteiger partial charge is 0.320 e. The van der Waals surface area contributed by atoms with Gasteiger partial charge in [-0.1, -0.05) is 32.9 Å². The van der Waals surface area contributed by atoms with Crippen molar-refractivity contribution in [3.8, 4) is 0 Å². The highest BCUT2D eigenvalue weighted by molar-refractivity contribution is 5.75. The van der Waals surface area contributed by atoms with Gasteiger partial charge >= 0.3 is 0 Å². The van der Waals surface area contributed by atoms with Crippen molar-refractivity contribution in [2.75, 3.05) is 7.05 Å². The number of hydrogen-bond donors (Lipinski definition) is 1. The molecule has 0 aromatic carbocycles. The Morgan fingerprint density at radius 3 is 2.16 bits per heavy atom. The highest BCUT2D eigenvalue weighted by Crippen LogP contribution is 2.40. The van der Waals surface area contributed by atoms with Gasteiger partial charge in [-0.3, -0.25) is 10.1 Å². The number of aldehydes is 1. The van der Waals surface area contributed by atoms with Crippen LogP contribution in [-0.2, 0) is 4.79 Å². The summed E-state index contributed by atoms with van der Waals surface area (Å²) >= 11 is 0. The lowest BCUT2D eigenvalue weighted by atomic mass is 9.79. The van der Waals surface area contributed by atoms with E-state index in [-0.39, 0.29) is 11.1 Å². The smallest absolute Gasteiger partial charge is 0.166 e. The zero-order valence-electron chi connectivity index (χ0n) is 13.2. The molecule has 0 bridgehead atoms. The van der Waals surface area contributed by atoms with Crippen molar-refractivity contribution in [3.05, 3.63) is 35.2 Å². The Bertz CT molecular complexity index is 450. The molecule has 0 saturated heterocycles. The van der Waals surface area contributed by atoms with Crippen molar-refractivity contribution < 1.29 is 4.79 Å². The molecular weight excluding hydrogens is 236 g/mol. The van der Waals surface area contributed by atoms with Crippen LogP contribution in [0.3, 0.4) is 0 Å². The van der Waals surface area contributed by atoms with Crippen LogP contribution in [0.5, 0.6) is 0 Å². The van der Waals surface area contributed by atoms with E-state index in [1.807, 2.05) is 26.1 Å². The Labute approximate surface area is 117 Å². The van der Waals surface area contributed by atoms with E-state index in [9.17, 15) is 4.79 Å². The van der Waals surface area contributed by atoms with Gasteiger partial charge in [0.05, 0.1) is 11.4 Å². The first-order valence-electron chi connectivity index (χ1n) is 6.72. The van der Waals surface area contributed by atoms with Gasteiger partial charge in [0, 0.05) is 5.70 Å². The average molecular weight is 262 g/mol. The Hall–Kier alpha value is -1.35. The van der Waals surface area contributed by atoms with Crippen molar-refractivity contribution in [2.24, 2.45) is 5.41 Å². The van der Waals surface area contributed by atoms with Gasteiger partial charge in [0.15, 0.2) is 6.29 Å². The highest BCUT2D eigenvalue weighted by Gasteiger charge is 2.44. The van der Waals surface area contributed by atoms with Gasteiger partial charge < -0.3 is 4.90 Å². The number of allylic oxidation sites excluding steroid dienone is 5. The van der Waals surface area contributed by atoms with Gasteiger partial charge in [-0.15, -0.1) is 0 Å². The number of hydrogen-bond acceptors (Lipinski definition) is 3. The van der Waals surface area contributed by atoms with Gasteiger partial charge in [-0.05, 0) is 44.9 Å². The van der Waals surface area contributed by atoms with Crippen LogP contribution in [0.2, 0.25) is 0 Å². The van der Waals surface area contributed by atoms with Crippen LogP contribution in [0, 0.1) is 5.41 Å². The molecular formula is C16H26N2O. The fourth-order valence-electron chi connectivity index (χ4n) is 2.46. The number of nitrogens with one attached hydrogen (secondary N) is 1. The molecule has 0 radical (unpaired) electrons. The predicted octanol–water partition coefficient (Wildman–Crippen LogP) is 3.22. The number of carbonyl (C=O) groups is 1. The molecule has 0 spiro atoms. The molecule has 1 rings (SSSR count). The summed E-state index contributed by atoms with van der Waals surface area (Å²) in [6.07, 6.45) is 6.86. The molecule has 1 heterocycles. The van der Waals surface area contributed by atoms with E-state index in [0.29, 0.717) is 5.70 Å². The summed E-state index contributed by atoms with van der Waals surface area (Å²) in [4.78, 5) is 13.5. The minimum atomic E-state index is -0.350. The van der Waals surface area contributed by atoms with E-state index in [1.54, 1.807) is 0 Å². The summed E-state index contributed by atoms with van der Waals surface area (Å²) in [5, 5.41) is 3.40. The zero-order valence-corrected chi connectivity index (χ0v) is 13.2. The number of nitrogens with zero attached hydrogens (tertiary/aromatic N) is 1. The molecule has 0 fully saturated rings. The summed E-state index contributed by atoms with van der Waals surface area (Å²) in [5.74, 6) is 0. The summed E-state index contributed by atoms with van der Waals surface area (Å²) in [6, 6.07) is 0. The van der Waals surface area contributed by atoms with E-state index >= 15 is 0 Å². The third-order valence-electron chi connectivity index (χ3n) is 4.20. The van der Waals surface area contributed by atoms with Crippen molar-refractivity contribution >= 4 is 6.29 Å². The van der Waals surface area contributed by atoms with E-state index in [1.165, 1.54) is 5.57 Å². The van der Waals surface area contributed by atoms with Crippen molar-refractivity contribution in [1.82, 2.24) is 10.2 Å². The molecule has 19 heavy (non-hydrogen) atoms. The average Bonchev–Trinajstić information content (AvgIpc) is 2.36. The fraction of sp³-hybridized carbons (Fsp3) is 0.562. The molecule has 0 aromatic heterocycles. The summed E-state index contributed by atoms with van der Waals surface area (Å²) in [5.41, 5.74) is 2.54. The molecule has 0 saturated carbocycles. The number of rotatable bonds is 3. The van der Waals surface area contributed by atoms with Crippen LogP contribution in [0.1, 0.15) is 41.5 Å². The molecule has 106 valence electrons. The summed E-state index contributed by atoms with van der Waals surface area (Å²) in [6.45, 7) is 12.7. The maximum absolute atomic E-state index is 11.4. The Kier molecular flexibility index (Phi) is 4.41. The lowest BCUT2D eigenvalue weighted by Gasteiger charge is -2.52. The first-order valence-corrected chi connectivity index (χ1v) is 6.72. The fourth-order valence-corrected chi connectivity index (χ4v) is 2.46. The van der Waals surface area contributed by atoms with E-state index in [2.05, 4.69) is 50.9 Å². The molecule has 3 nitrogen and oxygen atoms in total. The SMILES string of the molecule is CC=C1C(C)=CC=C(C=O)N1C(C)(NC)C(C)(C)C. The second-order valence-corrected chi connectivity index (χ2v) is 6.14. The zero-order chi connectivity index (χ0) is 14.8. The molecule has 0 aromatic rings. The predicted molar refractivity (Wildman–Crippen MR) is 80.4 cm³/mol. The molecule has 1 aliphatic heterocycles. The topological polar surface area (TPSA) is 32.3 Å². The van der Waals surface area contributed by atoms with Crippen LogP contribution in [0.4, 0.5) is 0 Å². The minimum Gasteiger partial charge on any atom is -0.320 e. The molecule has 0 aliphatic carbocycles. The third kappa shape index (κ3) is 2.52. The van der Waals surface area contributed by atoms with Crippen LogP contribution >= 0.6 is 0 Å². The van der Waals surface area contributed by atoms with Crippen LogP contribution in [0.15, 0.2) is 35.2 Å². The molecule has 1 N–H and O–H groups in total. The first kappa shape index (κ1) is 15.7. The van der Waals surface area contributed by atoms with Crippen LogP contribution in [0.25, 0.3) is 0 Å². The van der Waals surface area contributed by atoms with E-state index in [4.69, 9.17) is 0 Å². The third-order valence-corrected chi connectivity index (χ3v) is 4.20. The normalized spacial score (nSPS) is 21.8. The quantitative estimate of drug-likeness (QED) is 0.793. The molecule has 0 amide bonds. The lowest BCUT2D eigenvalue weighted by molar-refractivity contribution is -0.107. The Morgan fingerprint density at radius 2 is 1.79 bits per heavy atom. The van der Waals surface area contributed by atoms with Gasteiger partial charge in [0.1, 0.15) is 0 Å². The number of carbonyl (C=O) groups excluding carboxylic acids is 1. The Morgan fingerprint density at radius 1 is 1.21 bits per heavy atom. The Balaban J connectivity index is 3.47. The molecule has 3 heteroatoms. The monoisotopic (exact) mass is 262 g/mol. The van der Waals surface area contributed by atoms with Gasteiger partial charge in [0.2, 0.25) is 0 Å². The van der Waals surface area contributed by atoms with Crippen LogP contribution in [-0.4, -0.2) is 23.9 Å². The standard InChI is InChI=1S/C16H26N2O/c1-8-14-12(2)9-10-13(11-19)18(14)16(6,17-7)15(3,4)5/h8-11,17H,1-7H3. The maximum atomic E-state index is 11.4. The van der Waals surface area contributed by atoms with Gasteiger partial charge in [-0.2, -0.15) is 0 Å².